The maximum Gasteiger partial charge on any atom is 0.294 e. The molecule has 3 aromatic rings. The molecule has 2 aliphatic rings. The normalized spacial score (nSPS) is 20.2. The van der Waals surface area contributed by atoms with Crippen molar-refractivity contribution in [3.8, 4) is 5.75 Å². The summed E-state index contributed by atoms with van der Waals surface area (Å²) in [6.45, 7) is 8.76. The van der Waals surface area contributed by atoms with Gasteiger partial charge in [-0.15, -0.1) is 0 Å². The number of hydrogen-bond donors (Lipinski definition) is 1. The lowest BCUT2D eigenvalue weighted by molar-refractivity contribution is -0.117. The highest BCUT2D eigenvalue weighted by Crippen LogP contribution is 2.36. The van der Waals surface area contributed by atoms with Crippen LogP contribution in [0.15, 0.2) is 78.6 Å². The fourth-order valence-electron chi connectivity index (χ4n) is 5.78. The predicted molar refractivity (Wildman–Crippen MR) is 160 cm³/mol. The molecule has 0 saturated carbocycles. The number of hydrogen-bond acceptors (Lipinski definition) is 4. The molecule has 5 rings (SSSR count). The van der Waals surface area contributed by atoms with Crippen molar-refractivity contribution in [2.75, 3.05) is 18.0 Å². The van der Waals surface area contributed by atoms with Crippen LogP contribution in [-0.4, -0.2) is 41.9 Å². The average Bonchev–Trinajstić information content (AvgIpc) is 2.95. The summed E-state index contributed by atoms with van der Waals surface area (Å²) >= 11 is 0. The Bertz CT molecular complexity index is 1370. The number of nitrogens with zero attached hydrogens (tertiary/aromatic N) is 2. The first kappa shape index (κ1) is 27.7. The predicted octanol–water partition coefficient (Wildman–Crippen LogP) is 6.34. The van der Waals surface area contributed by atoms with E-state index in [1.54, 1.807) is 23.1 Å². The summed E-state index contributed by atoms with van der Waals surface area (Å²) in [5.74, 6) is 0.622. The van der Waals surface area contributed by atoms with Gasteiger partial charge in [-0.2, -0.15) is 0 Å². The molecule has 0 radical (unpaired) electrons. The molecule has 0 bridgehead atoms. The molecule has 2 amide bonds. The first-order valence-electron chi connectivity index (χ1n) is 14.4. The fraction of sp³-hybridized carbons (Fsp3) is 0.353. The van der Waals surface area contributed by atoms with Gasteiger partial charge in [-0.05, 0) is 81.5 Å². The van der Waals surface area contributed by atoms with Gasteiger partial charge in [0.15, 0.2) is 11.5 Å². The lowest BCUT2D eigenvalue weighted by Crippen LogP contribution is -2.44. The molecule has 1 N–H and O–H groups in total. The zero-order valence-corrected chi connectivity index (χ0v) is 23.7. The topological polar surface area (TPSA) is 61.9 Å². The van der Waals surface area contributed by atoms with Crippen LogP contribution in [0.4, 0.5) is 5.69 Å². The van der Waals surface area contributed by atoms with Gasteiger partial charge < -0.3 is 10.1 Å². The van der Waals surface area contributed by atoms with Crippen LogP contribution in [0.2, 0.25) is 0 Å². The SMILES string of the molecule is Cc1cccc(CN2C(=O)C(=Cc3ccc(C(=O)NCCCN4C(C)CCCC4C)cc3)Oc3ccccc32)c1. The highest BCUT2D eigenvalue weighted by molar-refractivity contribution is 6.09. The Kier molecular flexibility index (Phi) is 8.66. The van der Waals surface area contributed by atoms with E-state index in [2.05, 4.69) is 30.1 Å². The van der Waals surface area contributed by atoms with Gasteiger partial charge in [-0.25, -0.2) is 0 Å². The molecule has 2 atom stereocenters. The molecule has 2 heterocycles. The summed E-state index contributed by atoms with van der Waals surface area (Å²) < 4.78 is 6.03. The zero-order chi connectivity index (χ0) is 28.1. The monoisotopic (exact) mass is 537 g/mol. The molecule has 0 spiro atoms. The van der Waals surface area contributed by atoms with Crippen molar-refractivity contribution in [1.29, 1.82) is 0 Å². The highest BCUT2D eigenvalue weighted by atomic mass is 16.5. The number of carbonyl (C=O) groups is 2. The number of anilines is 1. The van der Waals surface area contributed by atoms with Crippen molar-refractivity contribution in [1.82, 2.24) is 10.2 Å². The summed E-state index contributed by atoms with van der Waals surface area (Å²) in [7, 11) is 0. The van der Waals surface area contributed by atoms with Crippen LogP contribution in [0.5, 0.6) is 5.75 Å². The van der Waals surface area contributed by atoms with Crippen molar-refractivity contribution in [3.05, 3.63) is 101 Å². The van der Waals surface area contributed by atoms with E-state index in [4.69, 9.17) is 4.74 Å². The number of fused-ring (bicyclic) bond motifs is 1. The Balaban J connectivity index is 1.22. The first-order chi connectivity index (χ1) is 19.4. The maximum atomic E-state index is 13.5. The van der Waals surface area contributed by atoms with E-state index >= 15 is 0 Å². The van der Waals surface area contributed by atoms with Crippen molar-refractivity contribution >= 4 is 23.6 Å². The maximum absolute atomic E-state index is 13.5. The van der Waals surface area contributed by atoms with Crippen molar-refractivity contribution in [2.24, 2.45) is 0 Å². The van der Waals surface area contributed by atoms with Crippen LogP contribution >= 0.6 is 0 Å². The molecule has 6 nitrogen and oxygen atoms in total. The second-order valence-corrected chi connectivity index (χ2v) is 11.1. The number of benzene rings is 3. The van der Waals surface area contributed by atoms with Gasteiger partial charge in [0.05, 0.1) is 12.2 Å². The zero-order valence-electron chi connectivity index (χ0n) is 23.7. The van der Waals surface area contributed by atoms with Gasteiger partial charge in [0, 0.05) is 30.7 Å². The average molecular weight is 538 g/mol. The molecule has 6 heteroatoms. The number of nitrogens with one attached hydrogen (secondary N) is 1. The summed E-state index contributed by atoms with van der Waals surface area (Å²) in [4.78, 5) is 30.6. The number of aryl methyl sites for hydroxylation is 1. The number of likely N-dealkylation sites (tertiary alicyclic amines) is 1. The summed E-state index contributed by atoms with van der Waals surface area (Å²) in [5.41, 5.74) is 4.35. The quantitative estimate of drug-likeness (QED) is 0.269. The van der Waals surface area contributed by atoms with Crippen LogP contribution in [0.25, 0.3) is 6.08 Å². The van der Waals surface area contributed by atoms with Gasteiger partial charge in [0.1, 0.15) is 0 Å². The van der Waals surface area contributed by atoms with Gasteiger partial charge >= 0.3 is 0 Å². The minimum Gasteiger partial charge on any atom is -0.449 e. The van der Waals surface area contributed by atoms with Gasteiger partial charge in [-0.3, -0.25) is 19.4 Å². The van der Waals surface area contributed by atoms with Crippen LogP contribution < -0.4 is 15.0 Å². The van der Waals surface area contributed by atoms with E-state index < -0.39 is 0 Å². The molecule has 1 saturated heterocycles. The van der Waals surface area contributed by atoms with Crippen molar-refractivity contribution in [2.45, 2.75) is 65.1 Å². The third-order valence-corrected chi connectivity index (χ3v) is 7.98. The Morgan fingerprint density at radius 3 is 2.50 bits per heavy atom. The smallest absolute Gasteiger partial charge is 0.294 e. The highest BCUT2D eigenvalue weighted by Gasteiger charge is 2.30. The second-order valence-electron chi connectivity index (χ2n) is 11.1. The first-order valence-corrected chi connectivity index (χ1v) is 14.4. The minimum absolute atomic E-state index is 0.0813. The molecule has 3 aromatic carbocycles. The molecular formula is C34H39N3O3. The molecule has 2 aliphatic heterocycles. The summed E-state index contributed by atoms with van der Waals surface area (Å²) in [6.07, 6.45) is 6.50. The van der Waals surface area contributed by atoms with Gasteiger partial charge in [0.2, 0.25) is 0 Å². The van der Waals surface area contributed by atoms with E-state index in [0.29, 0.717) is 36.5 Å². The van der Waals surface area contributed by atoms with Crippen molar-refractivity contribution in [3.63, 3.8) is 0 Å². The van der Waals surface area contributed by atoms with E-state index in [0.717, 1.165) is 35.3 Å². The number of carbonyl (C=O) groups excluding carboxylic acids is 2. The van der Waals surface area contributed by atoms with E-state index in [1.165, 1.54) is 19.3 Å². The third kappa shape index (κ3) is 6.45. The van der Waals surface area contributed by atoms with Crippen LogP contribution in [0, 0.1) is 6.92 Å². The second kappa shape index (κ2) is 12.5. The molecule has 40 heavy (non-hydrogen) atoms. The summed E-state index contributed by atoms with van der Waals surface area (Å²) in [6, 6.07) is 24.3. The standard InChI is InChI=1S/C34H39N3O3/c1-24-9-6-12-28(21-24)23-37-30-13-4-5-14-31(30)40-32(34(37)39)22-27-15-17-29(18-16-27)33(38)35-19-8-20-36-25(2)10-7-11-26(36)3/h4-6,9,12-18,21-22,25-26H,7-8,10-11,19-20,23H2,1-3H3,(H,35,38). The van der Waals surface area contributed by atoms with Crippen LogP contribution in [0.3, 0.4) is 0 Å². The Labute approximate surface area is 237 Å². The number of amides is 2. The number of ether oxygens (including phenoxy) is 1. The van der Waals surface area contributed by atoms with Gasteiger partial charge in [-0.1, -0.05) is 60.5 Å². The van der Waals surface area contributed by atoms with Gasteiger partial charge in [0.25, 0.3) is 11.8 Å². The number of rotatable bonds is 8. The molecule has 0 aliphatic carbocycles. The molecule has 2 unspecified atom stereocenters. The van der Waals surface area contributed by atoms with Crippen LogP contribution in [-0.2, 0) is 11.3 Å². The molecule has 1 fully saturated rings. The minimum atomic E-state index is -0.195. The van der Waals surface area contributed by atoms with E-state index in [9.17, 15) is 9.59 Å². The Hall–Kier alpha value is -3.90. The summed E-state index contributed by atoms with van der Waals surface area (Å²) in [5, 5.41) is 3.05. The largest absolute Gasteiger partial charge is 0.449 e. The third-order valence-electron chi connectivity index (χ3n) is 7.98. The van der Waals surface area contributed by atoms with Crippen LogP contribution in [0.1, 0.15) is 66.6 Å². The lowest BCUT2D eigenvalue weighted by Gasteiger charge is -2.39. The molecule has 208 valence electrons. The van der Waals surface area contributed by atoms with Crippen molar-refractivity contribution < 1.29 is 14.3 Å². The van der Waals surface area contributed by atoms with E-state index in [1.807, 2.05) is 61.5 Å². The number of para-hydroxylation sites is 2. The Morgan fingerprint density at radius 1 is 1.00 bits per heavy atom. The fourth-order valence-corrected chi connectivity index (χ4v) is 5.78. The lowest BCUT2D eigenvalue weighted by atomic mass is 9.97. The van der Waals surface area contributed by atoms with E-state index in [-0.39, 0.29) is 17.6 Å². The molecular weight excluding hydrogens is 498 g/mol. The Morgan fingerprint density at radius 2 is 1.75 bits per heavy atom. The number of piperidine rings is 1. The molecule has 0 aromatic heterocycles.